The fourth-order valence-electron chi connectivity index (χ4n) is 0.829. The van der Waals surface area contributed by atoms with Crippen molar-refractivity contribution in [3.05, 3.63) is 26.8 Å². The van der Waals surface area contributed by atoms with Crippen LogP contribution in [0.1, 0.15) is 17.7 Å². The Morgan fingerprint density at radius 3 is 2.62 bits per heavy atom. The summed E-state index contributed by atoms with van der Waals surface area (Å²) < 4.78 is 37.3. The molecular weight excluding hydrogens is 296 g/mol. The molecule has 0 fully saturated rings. The Morgan fingerprint density at radius 2 is 2.15 bits per heavy atom. The minimum absolute atomic E-state index is 0.0645. The van der Waals surface area contributed by atoms with Crippen molar-refractivity contribution < 1.29 is 13.2 Å². The van der Waals surface area contributed by atoms with Crippen molar-refractivity contribution in [1.29, 1.82) is 0 Å². The van der Waals surface area contributed by atoms with E-state index >= 15 is 0 Å². The molecule has 0 saturated heterocycles. The monoisotopic (exact) mass is 302 g/mol. The molecular formula is C7H6F3IN2. The van der Waals surface area contributed by atoms with Gasteiger partial charge in [-0.05, 0) is 28.7 Å². The van der Waals surface area contributed by atoms with E-state index < -0.39 is 17.9 Å². The van der Waals surface area contributed by atoms with Gasteiger partial charge in [0.15, 0.2) is 5.82 Å². The topological polar surface area (TPSA) is 38.9 Å². The van der Waals surface area contributed by atoms with Crippen LogP contribution in [0.4, 0.5) is 13.2 Å². The first-order valence-corrected chi connectivity index (χ1v) is 4.47. The van der Waals surface area contributed by atoms with Crippen molar-refractivity contribution in [2.45, 2.75) is 13.0 Å². The standard InChI is InChI=1S/C7H6F3IN2/c8-5-3(2-12)1-4(6(9)10)13-7(5)11/h1,6H,2,12H2. The molecule has 0 aliphatic carbocycles. The van der Waals surface area contributed by atoms with Crippen molar-refractivity contribution >= 4 is 22.6 Å². The molecule has 1 aromatic heterocycles. The molecule has 0 aromatic carbocycles. The highest BCUT2D eigenvalue weighted by molar-refractivity contribution is 14.1. The summed E-state index contributed by atoms with van der Waals surface area (Å²) in [6.45, 7) is -0.107. The maximum absolute atomic E-state index is 13.1. The quantitative estimate of drug-likeness (QED) is 0.672. The molecule has 72 valence electrons. The van der Waals surface area contributed by atoms with Crippen LogP contribution in [0.3, 0.4) is 0 Å². The molecule has 2 nitrogen and oxygen atoms in total. The summed E-state index contributed by atoms with van der Waals surface area (Å²) in [5.41, 5.74) is 4.80. The minimum atomic E-state index is -2.69. The lowest BCUT2D eigenvalue weighted by Gasteiger charge is -2.05. The number of pyridine rings is 1. The summed E-state index contributed by atoms with van der Waals surface area (Å²) in [6.07, 6.45) is -2.69. The van der Waals surface area contributed by atoms with Gasteiger partial charge in [-0.15, -0.1) is 0 Å². The van der Waals surface area contributed by atoms with Gasteiger partial charge in [-0.25, -0.2) is 18.2 Å². The third-order valence-electron chi connectivity index (χ3n) is 1.46. The van der Waals surface area contributed by atoms with Gasteiger partial charge in [0, 0.05) is 12.1 Å². The van der Waals surface area contributed by atoms with Crippen molar-refractivity contribution in [2.24, 2.45) is 5.73 Å². The van der Waals surface area contributed by atoms with Gasteiger partial charge in [-0.2, -0.15) is 0 Å². The van der Waals surface area contributed by atoms with Gasteiger partial charge >= 0.3 is 0 Å². The highest BCUT2D eigenvalue weighted by Crippen LogP contribution is 2.21. The number of nitrogens with two attached hydrogens (primary N) is 1. The number of hydrogen-bond donors (Lipinski definition) is 1. The summed E-state index contributed by atoms with van der Waals surface area (Å²) in [5, 5.41) is 0. The van der Waals surface area contributed by atoms with Gasteiger partial charge in [0.25, 0.3) is 6.43 Å². The van der Waals surface area contributed by atoms with Gasteiger partial charge in [0.05, 0.1) is 0 Å². The van der Waals surface area contributed by atoms with E-state index in [1.807, 2.05) is 0 Å². The summed E-state index contributed by atoms with van der Waals surface area (Å²) in [4.78, 5) is 3.39. The predicted molar refractivity (Wildman–Crippen MR) is 49.8 cm³/mol. The second-order valence-electron chi connectivity index (χ2n) is 2.32. The van der Waals surface area contributed by atoms with Crippen molar-refractivity contribution in [3.8, 4) is 0 Å². The molecule has 0 unspecified atom stereocenters. The van der Waals surface area contributed by atoms with Crippen molar-refractivity contribution in [1.82, 2.24) is 4.98 Å². The third kappa shape index (κ3) is 2.31. The molecule has 0 aliphatic rings. The lowest BCUT2D eigenvalue weighted by Crippen LogP contribution is -2.06. The molecule has 1 heterocycles. The second kappa shape index (κ2) is 4.23. The Balaban J connectivity index is 3.22. The number of rotatable bonds is 2. The molecule has 0 bridgehead atoms. The second-order valence-corrected chi connectivity index (χ2v) is 3.34. The van der Waals surface area contributed by atoms with Gasteiger partial charge < -0.3 is 5.73 Å². The highest BCUT2D eigenvalue weighted by atomic mass is 127. The molecule has 0 spiro atoms. The molecule has 0 aliphatic heterocycles. The summed E-state index contributed by atoms with van der Waals surface area (Å²) in [7, 11) is 0. The predicted octanol–water partition coefficient (Wildman–Crippen LogP) is 2.22. The van der Waals surface area contributed by atoms with Crippen LogP contribution in [0.25, 0.3) is 0 Å². The lowest BCUT2D eigenvalue weighted by atomic mass is 10.2. The molecule has 13 heavy (non-hydrogen) atoms. The zero-order chi connectivity index (χ0) is 10.0. The van der Waals surface area contributed by atoms with E-state index in [9.17, 15) is 13.2 Å². The number of halogens is 4. The van der Waals surface area contributed by atoms with Gasteiger partial charge in [-0.1, -0.05) is 0 Å². The van der Waals surface area contributed by atoms with Crippen LogP contribution in [-0.4, -0.2) is 4.98 Å². The van der Waals surface area contributed by atoms with Gasteiger partial charge in [0.2, 0.25) is 0 Å². The zero-order valence-corrected chi connectivity index (χ0v) is 8.56. The van der Waals surface area contributed by atoms with Crippen molar-refractivity contribution in [2.75, 3.05) is 0 Å². The zero-order valence-electron chi connectivity index (χ0n) is 6.40. The number of nitrogens with zero attached hydrogens (tertiary/aromatic N) is 1. The first kappa shape index (κ1) is 10.7. The van der Waals surface area contributed by atoms with Crippen LogP contribution in [0.15, 0.2) is 6.07 Å². The van der Waals surface area contributed by atoms with E-state index in [-0.39, 0.29) is 15.8 Å². The smallest absolute Gasteiger partial charge is 0.280 e. The Morgan fingerprint density at radius 1 is 1.54 bits per heavy atom. The Labute approximate surface area is 86.5 Å². The van der Waals surface area contributed by atoms with Crippen LogP contribution >= 0.6 is 22.6 Å². The van der Waals surface area contributed by atoms with Gasteiger partial charge in [0.1, 0.15) is 9.39 Å². The molecule has 1 aromatic rings. The van der Waals surface area contributed by atoms with E-state index in [4.69, 9.17) is 5.73 Å². The Kier molecular flexibility index (Phi) is 3.48. The molecule has 0 amide bonds. The minimum Gasteiger partial charge on any atom is -0.326 e. The Hall–Kier alpha value is -0.370. The van der Waals surface area contributed by atoms with Crippen LogP contribution in [0.2, 0.25) is 0 Å². The first-order chi connectivity index (χ1) is 6.06. The molecule has 2 N–H and O–H groups in total. The van der Waals surface area contributed by atoms with Crippen LogP contribution in [0.5, 0.6) is 0 Å². The maximum atomic E-state index is 13.1. The fourth-order valence-corrected chi connectivity index (χ4v) is 1.45. The number of hydrogen-bond acceptors (Lipinski definition) is 2. The van der Waals surface area contributed by atoms with E-state index in [2.05, 4.69) is 4.98 Å². The van der Waals surface area contributed by atoms with Crippen LogP contribution in [-0.2, 0) is 6.54 Å². The SMILES string of the molecule is NCc1cc(C(F)F)nc(I)c1F. The maximum Gasteiger partial charge on any atom is 0.280 e. The van der Waals surface area contributed by atoms with Crippen LogP contribution in [0, 0.1) is 9.52 Å². The number of alkyl halides is 2. The molecule has 0 radical (unpaired) electrons. The number of aromatic nitrogens is 1. The fraction of sp³-hybridized carbons (Fsp3) is 0.286. The van der Waals surface area contributed by atoms with Gasteiger partial charge in [-0.3, -0.25) is 0 Å². The summed E-state index contributed by atoms with van der Waals surface area (Å²) >= 11 is 1.56. The Bertz CT molecular complexity index is 317. The molecule has 0 atom stereocenters. The van der Waals surface area contributed by atoms with E-state index in [1.165, 1.54) is 0 Å². The van der Waals surface area contributed by atoms with E-state index in [0.29, 0.717) is 0 Å². The normalized spacial score (nSPS) is 10.9. The first-order valence-electron chi connectivity index (χ1n) is 3.39. The molecule has 0 saturated carbocycles. The van der Waals surface area contributed by atoms with E-state index in [0.717, 1.165) is 6.07 Å². The molecule has 1 rings (SSSR count). The van der Waals surface area contributed by atoms with Crippen molar-refractivity contribution in [3.63, 3.8) is 0 Å². The average Bonchev–Trinajstić information content (AvgIpc) is 2.09. The lowest BCUT2D eigenvalue weighted by molar-refractivity contribution is 0.145. The largest absolute Gasteiger partial charge is 0.326 e. The molecule has 6 heteroatoms. The van der Waals surface area contributed by atoms with Crippen LogP contribution < -0.4 is 5.73 Å². The third-order valence-corrected chi connectivity index (χ3v) is 2.17. The van der Waals surface area contributed by atoms with E-state index in [1.54, 1.807) is 22.6 Å². The average molecular weight is 302 g/mol. The summed E-state index contributed by atoms with van der Waals surface area (Å²) in [6, 6.07) is 0.988. The highest BCUT2D eigenvalue weighted by Gasteiger charge is 2.15. The summed E-state index contributed by atoms with van der Waals surface area (Å²) in [5.74, 6) is -0.618.